The van der Waals surface area contributed by atoms with E-state index in [0.29, 0.717) is 23.0 Å². The lowest BCUT2D eigenvalue weighted by molar-refractivity contribution is 0.446. The number of nitrogen functional groups attached to an aromatic ring is 1. The minimum absolute atomic E-state index is 0.179. The molecule has 0 aliphatic heterocycles. The van der Waals surface area contributed by atoms with Crippen LogP contribution in [0.15, 0.2) is 110 Å². The highest BCUT2D eigenvalue weighted by atomic mass is 16.5. The van der Waals surface area contributed by atoms with Crippen LogP contribution in [0.1, 0.15) is 0 Å². The van der Waals surface area contributed by atoms with Gasteiger partial charge in [-0.1, -0.05) is 54.6 Å². The maximum atomic E-state index is 5.98. The van der Waals surface area contributed by atoms with E-state index >= 15 is 0 Å². The number of nitrogens with two attached hydrogens (primary N) is 1. The molecule has 0 aliphatic carbocycles. The van der Waals surface area contributed by atoms with Gasteiger partial charge in [0.05, 0.1) is 23.1 Å². The Morgan fingerprint density at radius 2 is 1.49 bits per heavy atom. The third-order valence-electron chi connectivity index (χ3n) is 5.80. The van der Waals surface area contributed by atoms with Crippen LogP contribution in [0.5, 0.6) is 11.8 Å². The smallest absolute Gasteiger partial charge is 0.230 e. The van der Waals surface area contributed by atoms with Crippen molar-refractivity contribution in [1.29, 1.82) is 0 Å². The van der Waals surface area contributed by atoms with Gasteiger partial charge in [-0.25, -0.2) is 24.9 Å². The molecule has 0 unspecified atom stereocenters. The van der Waals surface area contributed by atoms with E-state index in [1.807, 2.05) is 48.7 Å². The third kappa shape index (κ3) is 4.63. The highest BCUT2D eigenvalue weighted by Gasteiger charge is 2.12. The number of anilines is 3. The molecule has 0 fully saturated rings. The zero-order valence-electron chi connectivity index (χ0n) is 19.6. The van der Waals surface area contributed by atoms with E-state index < -0.39 is 0 Å². The van der Waals surface area contributed by atoms with Crippen LogP contribution in [-0.2, 0) is 0 Å². The molecular formula is C29H21N7O. The molecule has 0 saturated heterocycles. The first-order chi connectivity index (χ1) is 18.2. The summed E-state index contributed by atoms with van der Waals surface area (Å²) in [6.07, 6.45) is 6.84. The van der Waals surface area contributed by atoms with E-state index in [4.69, 9.17) is 15.5 Å². The van der Waals surface area contributed by atoms with Gasteiger partial charge in [-0.05, 0) is 35.2 Å². The predicted octanol–water partition coefficient (Wildman–Crippen LogP) is 6.27. The van der Waals surface area contributed by atoms with Crippen molar-refractivity contribution in [2.45, 2.75) is 0 Å². The molecule has 178 valence electrons. The van der Waals surface area contributed by atoms with Crippen LogP contribution in [-0.4, -0.2) is 24.9 Å². The van der Waals surface area contributed by atoms with Crippen LogP contribution in [0.4, 0.5) is 17.5 Å². The van der Waals surface area contributed by atoms with Crippen LogP contribution in [0.2, 0.25) is 0 Å². The summed E-state index contributed by atoms with van der Waals surface area (Å²) in [5.74, 6) is 1.70. The summed E-state index contributed by atoms with van der Waals surface area (Å²) in [5.41, 5.74) is 10.0. The van der Waals surface area contributed by atoms with E-state index in [0.717, 1.165) is 33.4 Å². The number of hydrogen-bond acceptors (Lipinski definition) is 8. The fourth-order valence-corrected chi connectivity index (χ4v) is 4.08. The number of ether oxygens (including phenoxy) is 1. The summed E-state index contributed by atoms with van der Waals surface area (Å²) in [6.45, 7) is 0. The molecule has 0 amide bonds. The summed E-state index contributed by atoms with van der Waals surface area (Å²) >= 11 is 0. The first-order valence-electron chi connectivity index (χ1n) is 11.6. The zero-order chi connectivity index (χ0) is 25.0. The largest absolute Gasteiger partial charge is 0.420 e. The first kappa shape index (κ1) is 22.1. The van der Waals surface area contributed by atoms with Crippen molar-refractivity contribution in [2.75, 3.05) is 11.1 Å². The number of aromatic nitrogens is 5. The fourth-order valence-electron chi connectivity index (χ4n) is 4.08. The van der Waals surface area contributed by atoms with Crippen LogP contribution in [0, 0.1) is 0 Å². The van der Waals surface area contributed by atoms with Gasteiger partial charge < -0.3 is 15.8 Å². The van der Waals surface area contributed by atoms with Gasteiger partial charge in [0.1, 0.15) is 5.82 Å². The van der Waals surface area contributed by atoms with E-state index in [2.05, 4.69) is 49.5 Å². The minimum Gasteiger partial charge on any atom is -0.420 e. The van der Waals surface area contributed by atoms with Crippen LogP contribution < -0.4 is 15.8 Å². The molecule has 6 rings (SSSR count). The van der Waals surface area contributed by atoms with Crippen molar-refractivity contribution >= 4 is 28.2 Å². The Morgan fingerprint density at radius 3 is 2.30 bits per heavy atom. The van der Waals surface area contributed by atoms with Crippen molar-refractivity contribution < 1.29 is 4.74 Å². The number of rotatable bonds is 6. The molecule has 37 heavy (non-hydrogen) atoms. The van der Waals surface area contributed by atoms with Crippen molar-refractivity contribution in [3.63, 3.8) is 0 Å². The van der Waals surface area contributed by atoms with Crippen LogP contribution >= 0.6 is 0 Å². The predicted molar refractivity (Wildman–Crippen MR) is 144 cm³/mol. The van der Waals surface area contributed by atoms with Crippen molar-refractivity contribution in [3.8, 4) is 34.1 Å². The first-order valence-corrected chi connectivity index (χ1v) is 11.6. The molecule has 8 heteroatoms. The van der Waals surface area contributed by atoms with Crippen LogP contribution in [0.25, 0.3) is 33.2 Å². The Morgan fingerprint density at radius 1 is 0.649 bits per heavy atom. The lowest BCUT2D eigenvalue weighted by Crippen LogP contribution is -1.99. The summed E-state index contributed by atoms with van der Waals surface area (Å²) < 4.78 is 5.98. The Labute approximate surface area is 212 Å². The van der Waals surface area contributed by atoms with E-state index in [1.165, 1.54) is 0 Å². The molecule has 6 aromatic rings. The van der Waals surface area contributed by atoms with Gasteiger partial charge in [-0.3, -0.25) is 0 Å². The average Bonchev–Trinajstić information content (AvgIpc) is 2.95. The number of nitrogens with one attached hydrogen (secondary N) is 1. The van der Waals surface area contributed by atoms with Gasteiger partial charge in [0, 0.05) is 35.6 Å². The Kier molecular flexibility index (Phi) is 5.80. The molecule has 4 heterocycles. The second kappa shape index (κ2) is 9.71. The normalized spacial score (nSPS) is 10.8. The number of pyridine rings is 3. The lowest BCUT2D eigenvalue weighted by Gasteiger charge is -2.13. The molecule has 0 aliphatic rings. The van der Waals surface area contributed by atoms with Crippen LogP contribution in [0.3, 0.4) is 0 Å². The summed E-state index contributed by atoms with van der Waals surface area (Å²) in [4.78, 5) is 21.7. The number of fused-ring (bicyclic) bond motifs is 1. The van der Waals surface area contributed by atoms with Crippen molar-refractivity contribution in [3.05, 3.63) is 110 Å². The Bertz CT molecular complexity index is 1690. The minimum atomic E-state index is 0.179. The second-order valence-corrected chi connectivity index (χ2v) is 8.20. The highest BCUT2D eigenvalue weighted by molar-refractivity contribution is 6.02. The number of nitrogens with zero attached hydrogens (tertiary/aromatic N) is 5. The lowest BCUT2D eigenvalue weighted by atomic mass is 10.0. The summed E-state index contributed by atoms with van der Waals surface area (Å²) in [7, 11) is 0. The molecule has 0 bridgehead atoms. The summed E-state index contributed by atoms with van der Waals surface area (Å²) in [5, 5.41) is 5.52. The SMILES string of the molecule is Nc1nccc(-c2cccnc2Oc2ccc(Nc3ncc(-c4ccccc4)c4ccccc34)cn2)n1. The zero-order valence-corrected chi connectivity index (χ0v) is 19.6. The molecule has 0 saturated carbocycles. The molecule has 0 spiro atoms. The third-order valence-corrected chi connectivity index (χ3v) is 5.80. The van der Waals surface area contributed by atoms with Gasteiger partial charge in [-0.2, -0.15) is 0 Å². The number of benzene rings is 2. The standard InChI is InChI=1S/C29H21N7O/c30-29-32-16-14-25(36-29)23-11-6-15-31-28(23)37-26-13-12-20(17-33-26)35-27-22-10-5-4-9-21(22)24(18-34-27)19-7-2-1-3-8-19/h1-18H,(H,34,35)(H2,30,32,36). The molecule has 0 radical (unpaired) electrons. The molecule has 3 N–H and O–H groups in total. The topological polar surface area (TPSA) is 112 Å². The van der Waals surface area contributed by atoms with Gasteiger partial charge in [0.15, 0.2) is 0 Å². The molecule has 8 nitrogen and oxygen atoms in total. The van der Waals surface area contributed by atoms with Crippen molar-refractivity contribution in [1.82, 2.24) is 24.9 Å². The van der Waals surface area contributed by atoms with E-state index in [9.17, 15) is 0 Å². The monoisotopic (exact) mass is 483 g/mol. The Balaban J connectivity index is 1.26. The van der Waals surface area contributed by atoms with Gasteiger partial charge in [0.25, 0.3) is 0 Å². The van der Waals surface area contributed by atoms with E-state index in [-0.39, 0.29) is 5.95 Å². The Hall–Kier alpha value is -5.37. The molecule has 0 atom stereocenters. The highest BCUT2D eigenvalue weighted by Crippen LogP contribution is 2.33. The number of hydrogen-bond donors (Lipinski definition) is 2. The maximum absolute atomic E-state index is 5.98. The van der Waals surface area contributed by atoms with Gasteiger partial charge >= 0.3 is 0 Å². The molecule has 2 aromatic carbocycles. The average molecular weight is 484 g/mol. The second-order valence-electron chi connectivity index (χ2n) is 8.20. The maximum Gasteiger partial charge on any atom is 0.230 e. The molecular weight excluding hydrogens is 462 g/mol. The summed E-state index contributed by atoms with van der Waals surface area (Å²) in [6, 6.07) is 27.5. The van der Waals surface area contributed by atoms with Gasteiger partial charge in [-0.15, -0.1) is 0 Å². The fraction of sp³-hybridized carbons (Fsp3) is 0. The van der Waals surface area contributed by atoms with E-state index in [1.54, 1.807) is 36.8 Å². The quantitative estimate of drug-likeness (QED) is 0.285. The van der Waals surface area contributed by atoms with Crippen molar-refractivity contribution in [2.24, 2.45) is 0 Å². The molecule has 4 aromatic heterocycles. The van der Waals surface area contributed by atoms with Gasteiger partial charge in [0.2, 0.25) is 17.7 Å².